The van der Waals surface area contributed by atoms with Crippen LogP contribution in [0.4, 0.5) is 13.2 Å². The summed E-state index contributed by atoms with van der Waals surface area (Å²) < 4.78 is 42.6. The maximum Gasteiger partial charge on any atom is 0.416 e. The molecule has 0 saturated heterocycles. The molecule has 0 saturated carbocycles. The van der Waals surface area contributed by atoms with Crippen molar-refractivity contribution in [3.63, 3.8) is 0 Å². The maximum absolute atomic E-state index is 12.5. The topological polar surface area (TPSA) is 59.6 Å². The van der Waals surface area contributed by atoms with E-state index in [1.807, 2.05) is 24.3 Å². The lowest BCUT2D eigenvalue weighted by Gasteiger charge is -2.08. The summed E-state index contributed by atoms with van der Waals surface area (Å²) in [5, 5.41) is 2.98. The lowest BCUT2D eigenvalue weighted by molar-refractivity contribution is -0.137. The van der Waals surface area contributed by atoms with Crippen molar-refractivity contribution in [2.45, 2.75) is 19.1 Å². The molecule has 4 nitrogen and oxygen atoms in total. The van der Waals surface area contributed by atoms with Gasteiger partial charge < -0.3 is 15.8 Å². The van der Waals surface area contributed by atoms with Gasteiger partial charge in [-0.2, -0.15) is 13.2 Å². The fourth-order valence-corrected chi connectivity index (χ4v) is 2.16. The number of hydrogen-bond donors (Lipinski definition) is 2. The van der Waals surface area contributed by atoms with Crippen LogP contribution >= 0.6 is 24.0 Å². The van der Waals surface area contributed by atoms with Gasteiger partial charge in [-0.05, 0) is 41.8 Å². The Hall–Kier alpha value is -1.97. The summed E-state index contributed by atoms with van der Waals surface area (Å²) in [4.78, 5) is 4.13. The molecule has 2 aromatic rings. The van der Waals surface area contributed by atoms with E-state index in [4.69, 9.17) is 10.5 Å². The van der Waals surface area contributed by atoms with Gasteiger partial charge in [0.1, 0.15) is 5.75 Å². The Bertz CT molecular complexity index is 701. The Morgan fingerprint density at radius 3 is 2.15 bits per heavy atom. The molecule has 0 aliphatic carbocycles. The van der Waals surface area contributed by atoms with Gasteiger partial charge in [-0.15, -0.1) is 24.0 Å². The first kappa shape index (κ1) is 22.1. The van der Waals surface area contributed by atoms with Gasteiger partial charge in [-0.1, -0.05) is 24.3 Å². The van der Waals surface area contributed by atoms with E-state index in [0.717, 1.165) is 29.9 Å². The third-order valence-corrected chi connectivity index (χ3v) is 3.59. The molecule has 0 radical (unpaired) electrons. The predicted molar refractivity (Wildman–Crippen MR) is 107 cm³/mol. The molecule has 0 fully saturated rings. The molecular formula is C18H21F3IN3O. The first-order chi connectivity index (χ1) is 11.9. The number of rotatable bonds is 6. The predicted octanol–water partition coefficient (Wildman–Crippen LogP) is 3.98. The quantitative estimate of drug-likeness (QED) is 0.375. The molecule has 0 aromatic heterocycles. The van der Waals surface area contributed by atoms with E-state index in [2.05, 4.69) is 10.3 Å². The molecule has 3 N–H and O–H groups in total. The number of halogens is 4. The van der Waals surface area contributed by atoms with E-state index < -0.39 is 11.7 Å². The fourth-order valence-electron chi connectivity index (χ4n) is 2.16. The molecule has 0 unspecified atom stereocenters. The van der Waals surface area contributed by atoms with E-state index in [0.29, 0.717) is 12.1 Å². The van der Waals surface area contributed by atoms with Crippen molar-refractivity contribution < 1.29 is 17.9 Å². The number of aliphatic imine (C=N–C) groups is 1. The Kier molecular flexibility index (Phi) is 8.70. The lowest BCUT2D eigenvalue weighted by atomic mass is 10.1. The van der Waals surface area contributed by atoms with Gasteiger partial charge >= 0.3 is 6.18 Å². The second kappa shape index (κ2) is 10.2. The van der Waals surface area contributed by atoms with Crippen molar-refractivity contribution in [3.8, 4) is 5.75 Å². The molecule has 0 aliphatic rings. The highest BCUT2D eigenvalue weighted by atomic mass is 127. The summed E-state index contributed by atoms with van der Waals surface area (Å²) >= 11 is 0. The minimum Gasteiger partial charge on any atom is -0.497 e. The SMILES string of the molecule is COc1ccc(CCNC(N)=NCc2ccc(C(F)(F)F)cc2)cc1.I. The Morgan fingerprint density at radius 1 is 1.04 bits per heavy atom. The van der Waals surface area contributed by atoms with Crippen LogP contribution in [0.5, 0.6) is 5.75 Å². The van der Waals surface area contributed by atoms with Crippen molar-refractivity contribution >= 4 is 29.9 Å². The Balaban J connectivity index is 0.00000338. The zero-order valence-electron chi connectivity index (χ0n) is 14.2. The van der Waals surface area contributed by atoms with Crippen molar-refractivity contribution in [2.24, 2.45) is 10.7 Å². The molecule has 0 heterocycles. The summed E-state index contributed by atoms with van der Waals surface area (Å²) in [6, 6.07) is 12.6. The van der Waals surface area contributed by atoms with E-state index in [1.165, 1.54) is 12.1 Å². The minimum atomic E-state index is -4.33. The highest BCUT2D eigenvalue weighted by Crippen LogP contribution is 2.29. The van der Waals surface area contributed by atoms with Crippen LogP contribution in [0, 0.1) is 0 Å². The number of benzene rings is 2. The summed E-state index contributed by atoms with van der Waals surface area (Å²) in [5.74, 6) is 1.06. The number of alkyl halides is 3. The third-order valence-electron chi connectivity index (χ3n) is 3.59. The number of methoxy groups -OCH3 is 1. The van der Waals surface area contributed by atoms with Gasteiger partial charge in [0.05, 0.1) is 19.2 Å². The molecule has 0 spiro atoms. The largest absolute Gasteiger partial charge is 0.497 e. The van der Waals surface area contributed by atoms with E-state index in [-0.39, 0.29) is 36.5 Å². The van der Waals surface area contributed by atoms with Crippen LogP contribution in [-0.2, 0) is 19.1 Å². The fraction of sp³-hybridized carbons (Fsp3) is 0.278. The zero-order chi connectivity index (χ0) is 18.3. The highest BCUT2D eigenvalue weighted by Gasteiger charge is 2.29. The second-order valence-corrected chi connectivity index (χ2v) is 5.42. The number of hydrogen-bond acceptors (Lipinski definition) is 2. The van der Waals surface area contributed by atoms with Crippen LogP contribution in [0.15, 0.2) is 53.5 Å². The molecule has 8 heteroatoms. The van der Waals surface area contributed by atoms with Crippen LogP contribution in [-0.4, -0.2) is 19.6 Å². The van der Waals surface area contributed by atoms with Gasteiger partial charge in [0.2, 0.25) is 0 Å². The number of nitrogens with one attached hydrogen (secondary N) is 1. The van der Waals surface area contributed by atoms with Crippen molar-refractivity contribution in [2.75, 3.05) is 13.7 Å². The average molecular weight is 479 g/mol. The standard InChI is InChI=1S/C18H20F3N3O.HI/c1-25-16-8-4-13(5-9-16)10-11-23-17(22)24-12-14-2-6-15(7-3-14)18(19,20)21;/h2-9H,10-12H2,1H3,(H3,22,23,24);1H. The maximum atomic E-state index is 12.5. The lowest BCUT2D eigenvalue weighted by Crippen LogP contribution is -2.33. The number of nitrogens with zero attached hydrogens (tertiary/aromatic N) is 1. The molecule has 2 rings (SSSR count). The number of nitrogens with two attached hydrogens (primary N) is 1. The zero-order valence-corrected chi connectivity index (χ0v) is 16.5. The summed E-state index contributed by atoms with van der Waals surface area (Å²) in [6.45, 7) is 0.828. The summed E-state index contributed by atoms with van der Waals surface area (Å²) in [7, 11) is 1.62. The molecule has 0 atom stereocenters. The van der Waals surface area contributed by atoms with Gasteiger partial charge in [0.15, 0.2) is 5.96 Å². The first-order valence-electron chi connectivity index (χ1n) is 7.71. The van der Waals surface area contributed by atoms with Crippen molar-refractivity contribution in [1.29, 1.82) is 0 Å². The summed E-state index contributed by atoms with van der Waals surface area (Å²) in [6.07, 6.45) is -3.57. The van der Waals surface area contributed by atoms with E-state index in [1.54, 1.807) is 7.11 Å². The smallest absolute Gasteiger partial charge is 0.416 e. The third kappa shape index (κ3) is 7.11. The van der Waals surface area contributed by atoms with Crippen LogP contribution < -0.4 is 15.8 Å². The van der Waals surface area contributed by atoms with Crippen LogP contribution in [0.1, 0.15) is 16.7 Å². The molecule has 26 heavy (non-hydrogen) atoms. The molecule has 2 aromatic carbocycles. The second-order valence-electron chi connectivity index (χ2n) is 5.42. The highest BCUT2D eigenvalue weighted by molar-refractivity contribution is 14.0. The minimum absolute atomic E-state index is 0. The van der Waals surface area contributed by atoms with Crippen LogP contribution in [0.25, 0.3) is 0 Å². The first-order valence-corrected chi connectivity index (χ1v) is 7.71. The van der Waals surface area contributed by atoms with Crippen molar-refractivity contribution in [1.82, 2.24) is 5.32 Å². The number of ether oxygens (including phenoxy) is 1. The molecule has 0 amide bonds. The molecular weight excluding hydrogens is 458 g/mol. The Labute approximate surface area is 167 Å². The van der Waals surface area contributed by atoms with Crippen LogP contribution in [0.2, 0.25) is 0 Å². The Morgan fingerprint density at radius 2 is 1.62 bits per heavy atom. The molecule has 0 bridgehead atoms. The monoisotopic (exact) mass is 479 g/mol. The van der Waals surface area contributed by atoms with Gasteiger partial charge in [0, 0.05) is 6.54 Å². The van der Waals surface area contributed by atoms with Crippen molar-refractivity contribution in [3.05, 3.63) is 65.2 Å². The van der Waals surface area contributed by atoms with E-state index >= 15 is 0 Å². The normalized spacial score (nSPS) is 11.6. The average Bonchev–Trinajstić information content (AvgIpc) is 2.60. The molecule has 142 valence electrons. The van der Waals surface area contributed by atoms with Gasteiger partial charge in [0.25, 0.3) is 0 Å². The molecule has 0 aliphatic heterocycles. The summed E-state index contributed by atoms with van der Waals surface area (Å²) in [5.41, 5.74) is 6.88. The van der Waals surface area contributed by atoms with E-state index in [9.17, 15) is 13.2 Å². The number of guanidine groups is 1. The van der Waals surface area contributed by atoms with Gasteiger partial charge in [-0.25, -0.2) is 4.99 Å². The van der Waals surface area contributed by atoms with Gasteiger partial charge in [-0.3, -0.25) is 0 Å². The van der Waals surface area contributed by atoms with Crippen LogP contribution in [0.3, 0.4) is 0 Å².